The molecule has 0 unspecified atom stereocenters. The summed E-state index contributed by atoms with van der Waals surface area (Å²) in [7, 11) is 1.91. The van der Waals surface area contributed by atoms with E-state index in [1.54, 1.807) is 18.3 Å². The molecule has 0 saturated heterocycles. The van der Waals surface area contributed by atoms with Crippen molar-refractivity contribution in [3.8, 4) is 11.5 Å². The fraction of sp³-hybridized carbons (Fsp3) is 0.308. The maximum absolute atomic E-state index is 9.53. The van der Waals surface area contributed by atoms with Crippen LogP contribution in [0.25, 0.3) is 0 Å². The smallest absolute Gasteiger partial charge is 0.125 e. The summed E-state index contributed by atoms with van der Waals surface area (Å²) in [6.07, 6.45) is 2.57. The lowest BCUT2D eigenvalue weighted by Crippen LogP contribution is -2.06. The van der Waals surface area contributed by atoms with Gasteiger partial charge in [-0.15, -0.1) is 0 Å². The molecule has 0 aliphatic carbocycles. The molecule has 17 heavy (non-hydrogen) atoms. The number of ether oxygens (including phenoxy) is 1. The van der Waals surface area contributed by atoms with Crippen molar-refractivity contribution in [3.63, 3.8) is 0 Å². The van der Waals surface area contributed by atoms with Gasteiger partial charge in [0.05, 0.1) is 6.61 Å². The van der Waals surface area contributed by atoms with Crippen LogP contribution in [0.5, 0.6) is 11.5 Å². The van der Waals surface area contributed by atoms with Crippen molar-refractivity contribution in [2.75, 3.05) is 6.61 Å². The lowest BCUT2D eigenvalue weighted by Gasteiger charge is -2.09. The van der Waals surface area contributed by atoms with Gasteiger partial charge in [0.1, 0.15) is 11.5 Å². The molecule has 1 aromatic heterocycles. The minimum absolute atomic E-state index is 0.267. The second kappa shape index (κ2) is 4.91. The number of aromatic hydroxyl groups is 1. The molecule has 4 nitrogen and oxygen atoms in total. The molecular weight excluding hydrogens is 216 g/mol. The maximum atomic E-state index is 9.53. The predicted molar refractivity (Wildman–Crippen MR) is 65.3 cm³/mol. The first kappa shape index (κ1) is 11.5. The topological polar surface area (TPSA) is 47.3 Å². The molecule has 0 saturated carbocycles. The van der Waals surface area contributed by atoms with E-state index in [1.165, 1.54) is 0 Å². The molecule has 2 aromatic rings. The van der Waals surface area contributed by atoms with Crippen LogP contribution in [0, 0.1) is 6.92 Å². The Labute approximate surface area is 100 Å². The highest BCUT2D eigenvalue weighted by Gasteiger charge is 2.04. The lowest BCUT2D eigenvalue weighted by atomic mass is 10.2. The molecule has 0 aliphatic heterocycles. The number of phenols is 1. The second-order valence-corrected chi connectivity index (χ2v) is 3.94. The Kier molecular flexibility index (Phi) is 3.32. The zero-order valence-corrected chi connectivity index (χ0v) is 10.1. The average Bonchev–Trinajstić information content (AvgIpc) is 2.71. The zero-order chi connectivity index (χ0) is 12.3. The zero-order valence-electron chi connectivity index (χ0n) is 10.1. The standard InChI is InChI=1S/C13H16N2O2/c1-10-12(16)4-3-5-13(10)17-9-7-11-6-8-14-15(11)2/h3-6,8,16H,7,9H2,1-2H3. The first-order chi connectivity index (χ1) is 8.18. The van der Waals surface area contributed by atoms with Gasteiger partial charge < -0.3 is 9.84 Å². The van der Waals surface area contributed by atoms with Crippen LogP contribution >= 0.6 is 0 Å². The molecule has 4 heteroatoms. The van der Waals surface area contributed by atoms with Crippen molar-refractivity contribution in [1.29, 1.82) is 0 Å². The number of benzene rings is 1. The van der Waals surface area contributed by atoms with Crippen LogP contribution in [0.2, 0.25) is 0 Å². The molecule has 1 aromatic carbocycles. The third-order valence-electron chi connectivity index (χ3n) is 2.79. The van der Waals surface area contributed by atoms with Crippen LogP contribution < -0.4 is 4.74 Å². The largest absolute Gasteiger partial charge is 0.508 e. The third kappa shape index (κ3) is 2.58. The molecule has 0 amide bonds. The van der Waals surface area contributed by atoms with Gasteiger partial charge in [0.15, 0.2) is 0 Å². The molecule has 0 bridgehead atoms. The van der Waals surface area contributed by atoms with Gasteiger partial charge in [0.2, 0.25) is 0 Å². The van der Waals surface area contributed by atoms with Gasteiger partial charge in [-0.3, -0.25) is 4.68 Å². The van der Waals surface area contributed by atoms with Crippen LogP contribution in [0.1, 0.15) is 11.3 Å². The Bertz CT molecular complexity index is 506. The summed E-state index contributed by atoms with van der Waals surface area (Å²) in [5, 5.41) is 13.6. The summed E-state index contributed by atoms with van der Waals surface area (Å²) >= 11 is 0. The number of rotatable bonds is 4. The molecule has 2 rings (SSSR count). The Hall–Kier alpha value is -1.97. The molecule has 0 fully saturated rings. The van der Waals surface area contributed by atoms with Crippen molar-refractivity contribution >= 4 is 0 Å². The fourth-order valence-corrected chi connectivity index (χ4v) is 1.67. The number of hydrogen-bond donors (Lipinski definition) is 1. The van der Waals surface area contributed by atoms with Gasteiger partial charge in [0, 0.05) is 30.9 Å². The van der Waals surface area contributed by atoms with E-state index in [0.717, 1.165) is 23.4 Å². The van der Waals surface area contributed by atoms with Crippen molar-refractivity contribution < 1.29 is 9.84 Å². The van der Waals surface area contributed by atoms with Crippen LogP contribution in [-0.4, -0.2) is 21.5 Å². The summed E-state index contributed by atoms with van der Waals surface area (Å²) in [6, 6.07) is 7.27. The first-order valence-electron chi connectivity index (χ1n) is 5.57. The minimum Gasteiger partial charge on any atom is -0.508 e. The van der Waals surface area contributed by atoms with Crippen LogP contribution in [-0.2, 0) is 13.5 Å². The Morgan fingerprint density at radius 2 is 2.18 bits per heavy atom. The number of nitrogens with zero attached hydrogens (tertiary/aromatic N) is 2. The van der Waals surface area contributed by atoms with Crippen LogP contribution in [0.3, 0.4) is 0 Å². The number of hydrogen-bond acceptors (Lipinski definition) is 3. The summed E-state index contributed by atoms with van der Waals surface area (Å²) in [5.74, 6) is 0.996. The number of aromatic nitrogens is 2. The van der Waals surface area contributed by atoms with E-state index < -0.39 is 0 Å². The second-order valence-electron chi connectivity index (χ2n) is 3.94. The van der Waals surface area contributed by atoms with E-state index in [2.05, 4.69) is 5.10 Å². The summed E-state index contributed by atoms with van der Waals surface area (Å²) in [6.45, 7) is 2.42. The van der Waals surface area contributed by atoms with Crippen molar-refractivity contribution in [1.82, 2.24) is 9.78 Å². The fourth-order valence-electron chi connectivity index (χ4n) is 1.67. The first-order valence-corrected chi connectivity index (χ1v) is 5.57. The van der Waals surface area contributed by atoms with E-state index in [0.29, 0.717) is 6.61 Å². The number of phenolic OH excluding ortho intramolecular Hbond substituents is 1. The van der Waals surface area contributed by atoms with Crippen molar-refractivity contribution in [2.45, 2.75) is 13.3 Å². The highest BCUT2D eigenvalue weighted by molar-refractivity contribution is 5.42. The van der Waals surface area contributed by atoms with E-state index in [9.17, 15) is 5.11 Å². The predicted octanol–water partition coefficient (Wildman–Crippen LogP) is 2.06. The molecule has 1 heterocycles. The molecule has 1 N–H and O–H groups in total. The molecule has 90 valence electrons. The minimum atomic E-state index is 0.267. The van der Waals surface area contributed by atoms with Gasteiger partial charge in [0.25, 0.3) is 0 Å². The van der Waals surface area contributed by atoms with Gasteiger partial charge in [-0.2, -0.15) is 5.10 Å². The SMILES string of the molecule is Cc1c(O)cccc1OCCc1ccnn1C. The third-order valence-corrected chi connectivity index (χ3v) is 2.79. The normalized spacial score (nSPS) is 10.5. The van der Waals surface area contributed by atoms with E-state index in [-0.39, 0.29) is 5.75 Å². The Balaban J connectivity index is 1.95. The van der Waals surface area contributed by atoms with Crippen molar-refractivity contribution in [3.05, 3.63) is 41.7 Å². The van der Waals surface area contributed by atoms with E-state index in [4.69, 9.17) is 4.74 Å². The van der Waals surface area contributed by atoms with Crippen molar-refractivity contribution in [2.24, 2.45) is 7.05 Å². The summed E-state index contributed by atoms with van der Waals surface area (Å²) in [4.78, 5) is 0. The van der Waals surface area contributed by atoms with Gasteiger partial charge in [-0.05, 0) is 25.1 Å². The number of aryl methyl sites for hydroxylation is 1. The summed E-state index contributed by atoms with van der Waals surface area (Å²) < 4.78 is 7.48. The van der Waals surface area contributed by atoms with Gasteiger partial charge in [-0.1, -0.05) is 6.07 Å². The summed E-state index contributed by atoms with van der Waals surface area (Å²) in [5.41, 5.74) is 1.90. The molecule has 0 aliphatic rings. The highest BCUT2D eigenvalue weighted by atomic mass is 16.5. The highest BCUT2D eigenvalue weighted by Crippen LogP contribution is 2.25. The van der Waals surface area contributed by atoms with Crippen LogP contribution in [0.4, 0.5) is 0 Å². The molecule has 0 spiro atoms. The average molecular weight is 232 g/mol. The van der Waals surface area contributed by atoms with Gasteiger partial charge in [-0.25, -0.2) is 0 Å². The molecule has 0 radical (unpaired) electrons. The van der Waals surface area contributed by atoms with E-state index >= 15 is 0 Å². The Morgan fingerprint density at radius 1 is 1.35 bits per heavy atom. The molecule has 0 atom stereocenters. The molecular formula is C13H16N2O2. The van der Waals surface area contributed by atoms with Gasteiger partial charge >= 0.3 is 0 Å². The lowest BCUT2D eigenvalue weighted by molar-refractivity contribution is 0.314. The monoisotopic (exact) mass is 232 g/mol. The van der Waals surface area contributed by atoms with Crippen LogP contribution in [0.15, 0.2) is 30.5 Å². The maximum Gasteiger partial charge on any atom is 0.125 e. The quantitative estimate of drug-likeness (QED) is 0.877. The van der Waals surface area contributed by atoms with E-state index in [1.807, 2.05) is 30.8 Å². The Morgan fingerprint density at radius 3 is 2.88 bits per heavy atom.